The van der Waals surface area contributed by atoms with E-state index < -0.39 is 0 Å². The van der Waals surface area contributed by atoms with Gasteiger partial charge in [0, 0.05) is 5.71 Å². The number of rotatable bonds is 1. The SMILES string of the molecule is CC.CCC1=NCC(C)=C1. The summed E-state index contributed by atoms with van der Waals surface area (Å²) < 4.78 is 0. The zero-order valence-corrected chi connectivity index (χ0v) is 7.44. The molecule has 10 heavy (non-hydrogen) atoms. The summed E-state index contributed by atoms with van der Waals surface area (Å²) in [6.07, 6.45) is 3.25. The monoisotopic (exact) mass is 139 g/mol. The molecule has 0 aliphatic carbocycles. The van der Waals surface area contributed by atoms with E-state index in [0.717, 1.165) is 13.0 Å². The lowest BCUT2D eigenvalue weighted by molar-refractivity contribution is 1.16. The minimum atomic E-state index is 0.934. The molecule has 0 aromatic rings. The minimum Gasteiger partial charge on any atom is -0.285 e. The number of nitrogens with zero attached hydrogens (tertiary/aromatic N) is 1. The summed E-state index contributed by atoms with van der Waals surface area (Å²) in [5, 5.41) is 0. The van der Waals surface area contributed by atoms with Crippen LogP contribution in [0.5, 0.6) is 0 Å². The Bertz CT molecular complexity index is 143. The Kier molecular flexibility index (Phi) is 4.91. The van der Waals surface area contributed by atoms with E-state index in [4.69, 9.17) is 0 Å². The zero-order chi connectivity index (χ0) is 7.98. The molecule has 1 aliphatic heterocycles. The average molecular weight is 139 g/mol. The molecule has 1 aliphatic rings. The highest BCUT2D eigenvalue weighted by Gasteiger charge is 1.99. The van der Waals surface area contributed by atoms with Gasteiger partial charge in [0.1, 0.15) is 0 Å². The third-order valence-electron chi connectivity index (χ3n) is 1.31. The van der Waals surface area contributed by atoms with Gasteiger partial charge < -0.3 is 0 Å². The van der Waals surface area contributed by atoms with Gasteiger partial charge in [-0.3, -0.25) is 4.99 Å². The Morgan fingerprint density at radius 1 is 1.50 bits per heavy atom. The third kappa shape index (κ3) is 2.81. The highest BCUT2D eigenvalue weighted by Crippen LogP contribution is 2.05. The molecule has 1 nitrogen and oxygen atoms in total. The summed E-state index contributed by atoms with van der Waals surface area (Å²) >= 11 is 0. The molecule has 58 valence electrons. The minimum absolute atomic E-state index is 0.934. The molecular weight excluding hydrogens is 122 g/mol. The largest absolute Gasteiger partial charge is 0.285 e. The lowest BCUT2D eigenvalue weighted by Crippen LogP contribution is -1.83. The maximum atomic E-state index is 4.26. The first-order valence-electron chi connectivity index (χ1n) is 4.03. The lowest BCUT2D eigenvalue weighted by Gasteiger charge is -1.83. The first-order chi connectivity index (χ1) is 4.83. The molecule has 0 aromatic carbocycles. The Balaban J connectivity index is 0.000000371. The van der Waals surface area contributed by atoms with Crippen LogP contribution in [0.3, 0.4) is 0 Å². The van der Waals surface area contributed by atoms with Gasteiger partial charge in [0.2, 0.25) is 0 Å². The molecule has 0 aromatic heterocycles. The highest BCUT2D eigenvalue weighted by atomic mass is 14.7. The van der Waals surface area contributed by atoms with Crippen LogP contribution in [0, 0.1) is 0 Å². The van der Waals surface area contributed by atoms with Crippen LogP contribution in [0.25, 0.3) is 0 Å². The summed E-state index contributed by atoms with van der Waals surface area (Å²) in [5.74, 6) is 0. The first kappa shape index (κ1) is 9.41. The van der Waals surface area contributed by atoms with Crippen LogP contribution in [0.4, 0.5) is 0 Å². The molecule has 0 amide bonds. The molecule has 0 radical (unpaired) electrons. The molecule has 0 spiro atoms. The fraction of sp³-hybridized carbons (Fsp3) is 0.667. The standard InChI is InChI=1S/C7H11N.C2H6/c1-3-7-4-6(2)5-8-7;1-2/h4H,3,5H2,1-2H3;1-2H3. The van der Waals surface area contributed by atoms with Crippen molar-refractivity contribution in [3.05, 3.63) is 11.6 Å². The van der Waals surface area contributed by atoms with E-state index >= 15 is 0 Å². The molecular formula is C9H17N. The Morgan fingerprint density at radius 2 is 2.10 bits per heavy atom. The average Bonchev–Trinajstić information content (AvgIpc) is 2.40. The summed E-state index contributed by atoms with van der Waals surface area (Å²) in [7, 11) is 0. The van der Waals surface area contributed by atoms with Gasteiger partial charge in [0.05, 0.1) is 6.54 Å². The van der Waals surface area contributed by atoms with Crippen LogP contribution in [-0.2, 0) is 0 Å². The van der Waals surface area contributed by atoms with E-state index in [1.807, 2.05) is 13.8 Å². The van der Waals surface area contributed by atoms with E-state index in [9.17, 15) is 0 Å². The third-order valence-corrected chi connectivity index (χ3v) is 1.31. The van der Waals surface area contributed by atoms with E-state index in [2.05, 4.69) is 24.9 Å². The van der Waals surface area contributed by atoms with Crippen molar-refractivity contribution in [1.82, 2.24) is 0 Å². The van der Waals surface area contributed by atoms with Crippen LogP contribution < -0.4 is 0 Å². The van der Waals surface area contributed by atoms with Gasteiger partial charge in [-0.15, -0.1) is 0 Å². The smallest absolute Gasteiger partial charge is 0.0603 e. The van der Waals surface area contributed by atoms with Crippen molar-refractivity contribution in [2.75, 3.05) is 6.54 Å². The van der Waals surface area contributed by atoms with Gasteiger partial charge in [-0.1, -0.05) is 26.3 Å². The summed E-state index contributed by atoms with van der Waals surface area (Å²) in [5.41, 5.74) is 2.64. The lowest BCUT2D eigenvalue weighted by atomic mass is 10.2. The van der Waals surface area contributed by atoms with Crippen molar-refractivity contribution in [3.8, 4) is 0 Å². The molecule has 1 heterocycles. The predicted molar refractivity (Wildman–Crippen MR) is 47.7 cm³/mol. The molecule has 0 N–H and O–H groups in total. The van der Waals surface area contributed by atoms with Gasteiger partial charge in [0.15, 0.2) is 0 Å². The molecule has 1 heteroatoms. The second-order valence-corrected chi connectivity index (χ2v) is 2.15. The molecule has 1 rings (SSSR count). The van der Waals surface area contributed by atoms with Gasteiger partial charge in [0.25, 0.3) is 0 Å². The van der Waals surface area contributed by atoms with Gasteiger partial charge in [-0.2, -0.15) is 0 Å². The van der Waals surface area contributed by atoms with Crippen molar-refractivity contribution in [2.24, 2.45) is 4.99 Å². The molecule has 0 fully saturated rings. The van der Waals surface area contributed by atoms with Crippen molar-refractivity contribution >= 4 is 5.71 Å². The van der Waals surface area contributed by atoms with Gasteiger partial charge >= 0.3 is 0 Å². The highest BCUT2D eigenvalue weighted by molar-refractivity contribution is 5.97. The Morgan fingerprint density at radius 3 is 2.30 bits per heavy atom. The molecule has 0 bridgehead atoms. The zero-order valence-electron chi connectivity index (χ0n) is 7.44. The van der Waals surface area contributed by atoms with E-state index in [0.29, 0.717) is 0 Å². The summed E-state index contributed by atoms with van der Waals surface area (Å²) in [4.78, 5) is 4.26. The maximum Gasteiger partial charge on any atom is 0.0603 e. The topological polar surface area (TPSA) is 12.4 Å². The Labute approximate surface area is 63.9 Å². The summed E-state index contributed by atoms with van der Waals surface area (Å²) in [6, 6.07) is 0. The van der Waals surface area contributed by atoms with Crippen molar-refractivity contribution in [2.45, 2.75) is 34.1 Å². The van der Waals surface area contributed by atoms with Crippen LogP contribution in [0.15, 0.2) is 16.6 Å². The van der Waals surface area contributed by atoms with Gasteiger partial charge in [-0.25, -0.2) is 0 Å². The number of hydrogen-bond acceptors (Lipinski definition) is 1. The number of hydrogen-bond donors (Lipinski definition) is 0. The summed E-state index contributed by atoms with van der Waals surface area (Å²) in [6.45, 7) is 9.18. The second-order valence-electron chi connectivity index (χ2n) is 2.15. The molecule has 0 saturated heterocycles. The maximum absolute atomic E-state index is 4.26. The fourth-order valence-electron chi connectivity index (χ4n) is 0.816. The molecule has 0 saturated carbocycles. The predicted octanol–water partition coefficient (Wildman–Crippen LogP) is 2.82. The van der Waals surface area contributed by atoms with Crippen LogP contribution in [0.1, 0.15) is 34.1 Å². The van der Waals surface area contributed by atoms with E-state index in [-0.39, 0.29) is 0 Å². The van der Waals surface area contributed by atoms with Crippen LogP contribution in [-0.4, -0.2) is 12.3 Å². The second kappa shape index (κ2) is 5.21. The van der Waals surface area contributed by atoms with E-state index in [1.165, 1.54) is 11.3 Å². The first-order valence-corrected chi connectivity index (χ1v) is 4.03. The fourth-order valence-corrected chi connectivity index (χ4v) is 0.816. The van der Waals surface area contributed by atoms with Crippen molar-refractivity contribution in [1.29, 1.82) is 0 Å². The Hall–Kier alpha value is -0.590. The van der Waals surface area contributed by atoms with Crippen LogP contribution in [0.2, 0.25) is 0 Å². The molecule has 0 unspecified atom stereocenters. The van der Waals surface area contributed by atoms with E-state index in [1.54, 1.807) is 0 Å². The van der Waals surface area contributed by atoms with Crippen molar-refractivity contribution < 1.29 is 0 Å². The van der Waals surface area contributed by atoms with Crippen LogP contribution >= 0.6 is 0 Å². The quantitative estimate of drug-likeness (QED) is 0.529. The number of allylic oxidation sites excluding steroid dienone is 1. The van der Waals surface area contributed by atoms with Crippen molar-refractivity contribution in [3.63, 3.8) is 0 Å². The van der Waals surface area contributed by atoms with Gasteiger partial charge in [-0.05, 0) is 19.4 Å². The molecule has 0 atom stereocenters. The normalized spacial score (nSPS) is 15.2. The number of aliphatic imine (C=N–C) groups is 1.